The first-order valence-electron chi connectivity index (χ1n) is 5.21. The van der Waals surface area contributed by atoms with Crippen LogP contribution in [-0.2, 0) is 4.79 Å². The lowest BCUT2D eigenvalue weighted by Crippen LogP contribution is -2.26. The van der Waals surface area contributed by atoms with E-state index >= 15 is 0 Å². The first-order valence-corrected chi connectivity index (χ1v) is 5.65. The number of likely N-dealkylation sites (N-methyl/N-ethyl adjacent to an activating group) is 1. The number of nitrogens with zero attached hydrogens (tertiary/aromatic N) is 3. The third-order valence-corrected chi connectivity index (χ3v) is 2.74. The molecule has 0 N–H and O–H groups in total. The van der Waals surface area contributed by atoms with Crippen molar-refractivity contribution < 1.29 is 9.18 Å². The summed E-state index contributed by atoms with van der Waals surface area (Å²) in [5.74, 6) is -0.862. The van der Waals surface area contributed by atoms with Crippen LogP contribution in [0.15, 0.2) is 29.9 Å². The number of anilines is 1. The summed E-state index contributed by atoms with van der Waals surface area (Å²) >= 11 is 3.89. The van der Waals surface area contributed by atoms with Gasteiger partial charge >= 0.3 is 0 Å². The molecule has 0 bridgehead atoms. The summed E-state index contributed by atoms with van der Waals surface area (Å²) in [6.45, 7) is 5.22. The van der Waals surface area contributed by atoms with Crippen LogP contribution in [0.1, 0.15) is 5.69 Å². The van der Waals surface area contributed by atoms with Crippen molar-refractivity contribution in [3.63, 3.8) is 0 Å². The van der Waals surface area contributed by atoms with Crippen molar-refractivity contribution in [2.45, 2.75) is 6.92 Å². The predicted octanol–water partition coefficient (Wildman–Crippen LogP) is 2.19. The summed E-state index contributed by atoms with van der Waals surface area (Å²) in [6, 6.07) is 1.26. The molecule has 0 atom stereocenters. The SMILES string of the molecule is C=C(S)C(=O)N(C)c1cc(F)c2nc(C)cn2c1. The van der Waals surface area contributed by atoms with Gasteiger partial charge in [-0.2, -0.15) is 0 Å². The van der Waals surface area contributed by atoms with Crippen molar-refractivity contribution in [1.82, 2.24) is 9.38 Å². The zero-order valence-electron chi connectivity index (χ0n) is 10.0. The van der Waals surface area contributed by atoms with Crippen LogP contribution in [0.3, 0.4) is 0 Å². The molecule has 4 nitrogen and oxygen atoms in total. The molecule has 2 heterocycles. The van der Waals surface area contributed by atoms with Crippen molar-refractivity contribution in [1.29, 1.82) is 0 Å². The highest BCUT2D eigenvalue weighted by molar-refractivity contribution is 7.85. The standard InChI is InChI=1S/C12H12FN3OS/c1-7-5-16-6-9(4-10(13)11(16)14-7)15(3)12(17)8(2)18/h4-6,18H,2H2,1,3H3. The zero-order chi connectivity index (χ0) is 13.4. The molecule has 18 heavy (non-hydrogen) atoms. The molecule has 2 rings (SSSR count). The molecule has 0 unspecified atom stereocenters. The molecule has 0 spiro atoms. The van der Waals surface area contributed by atoms with Crippen LogP contribution in [0.5, 0.6) is 0 Å². The first-order chi connectivity index (χ1) is 8.40. The molecular formula is C12H12FN3OS. The molecule has 2 aromatic rings. The summed E-state index contributed by atoms with van der Waals surface area (Å²) in [6.07, 6.45) is 3.32. The van der Waals surface area contributed by atoms with Gasteiger partial charge in [-0.25, -0.2) is 9.37 Å². The monoisotopic (exact) mass is 265 g/mol. The number of rotatable bonds is 2. The Balaban J connectivity index is 2.52. The fraction of sp³-hybridized carbons (Fsp3) is 0.167. The number of imidazole rings is 1. The minimum atomic E-state index is -0.481. The van der Waals surface area contributed by atoms with Crippen LogP contribution < -0.4 is 4.90 Å². The van der Waals surface area contributed by atoms with Gasteiger partial charge in [-0.3, -0.25) is 4.79 Å². The van der Waals surface area contributed by atoms with E-state index in [9.17, 15) is 9.18 Å². The number of pyridine rings is 1. The van der Waals surface area contributed by atoms with Gasteiger partial charge in [0.05, 0.1) is 16.3 Å². The lowest BCUT2D eigenvalue weighted by atomic mass is 10.3. The number of amides is 1. The second-order valence-electron chi connectivity index (χ2n) is 3.97. The highest BCUT2D eigenvalue weighted by Crippen LogP contribution is 2.20. The Labute approximate surface area is 109 Å². The number of carbonyl (C=O) groups is 1. The predicted molar refractivity (Wildman–Crippen MR) is 71.4 cm³/mol. The van der Waals surface area contributed by atoms with Gasteiger partial charge in [0.1, 0.15) is 0 Å². The van der Waals surface area contributed by atoms with Gasteiger partial charge in [0.15, 0.2) is 11.5 Å². The van der Waals surface area contributed by atoms with E-state index in [-0.39, 0.29) is 16.5 Å². The quantitative estimate of drug-likeness (QED) is 0.667. The average molecular weight is 265 g/mol. The van der Waals surface area contributed by atoms with Crippen molar-refractivity contribution in [2.75, 3.05) is 11.9 Å². The molecule has 0 fully saturated rings. The van der Waals surface area contributed by atoms with Crippen LogP contribution in [0.4, 0.5) is 10.1 Å². The van der Waals surface area contributed by atoms with Crippen molar-refractivity contribution >= 4 is 29.9 Å². The fourth-order valence-corrected chi connectivity index (χ4v) is 1.81. The van der Waals surface area contributed by atoms with E-state index in [1.54, 1.807) is 23.7 Å². The lowest BCUT2D eigenvalue weighted by Gasteiger charge is -2.17. The topological polar surface area (TPSA) is 37.6 Å². The number of fused-ring (bicyclic) bond motifs is 1. The van der Waals surface area contributed by atoms with Crippen LogP contribution >= 0.6 is 12.6 Å². The van der Waals surface area contributed by atoms with E-state index in [0.29, 0.717) is 11.4 Å². The normalized spacial score (nSPS) is 10.7. The van der Waals surface area contributed by atoms with Gasteiger partial charge in [-0.1, -0.05) is 6.58 Å². The largest absolute Gasteiger partial charge is 0.309 e. The zero-order valence-corrected chi connectivity index (χ0v) is 10.9. The number of aryl methyl sites for hydroxylation is 1. The Morgan fingerprint density at radius 2 is 2.22 bits per heavy atom. The number of carbonyl (C=O) groups excluding carboxylic acids is 1. The lowest BCUT2D eigenvalue weighted by molar-refractivity contribution is -0.114. The molecule has 0 saturated carbocycles. The Morgan fingerprint density at radius 1 is 1.56 bits per heavy atom. The van der Waals surface area contributed by atoms with Gasteiger partial charge in [0, 0.05) is 25.5 Å². The molecule has 6 heteroatoms. The minimum Gasteiger partial charge on any atom is -0.309 e. The van der Waals surface area contributed by atoms with Gasteiger partial charge in [0.2, 0.25) is 0 Å². The summed E-state index contributed by atoms with van der Waals surface area (Å²) in [7, 11) is 1.54. The first kappa shape index (κ1) is 12.6. The van der Waals surface area contributed by atoms with E-state index in [0.717, 1.165) is 0 Å². The Morgan fingerprint density at radius 3 is 2.83 bits per heavy atom. The summed E-state index contributed by atoms with van der Waals surface area (Å²) in [5.41, 5.74) is 1.36. The van der Waals surface area contributed by atoms with Crippen LogP contribution in [0, 0.1) is 12.7 Å². The van der Waals surface area contributed by atoms with Crippen molar-refractivity contribution in [3.05, 3.63) is 41.5 Å². The third kappa shape index (κ3) is 2.11. The van der Waals surface area contributed by atoms with E-state index in [1.165, 1.54) is 18.0 Å². The summed E-state index contributed by atoms with van der Waals surface area (Å²) < 4.78 is 15.4. The molecule has 0 radical (unpaired) electrons. The summed E-state index contributed by atoms with van der Waals surface area (Å²) in [4.78, 5) is 17.1. The van der Waals surface area contributed by atoms with E-state index < -0.39 is 5.82 Å². The molecule has 94 valence electrons. The van der Waals surface area contributed by atoms with Crippen LogP contribution in [0.25, 0.3) is 5.65 Å². The molecule has 1 amide bonds. The smallest absolute Gasteiger partial charge is 0.263 e. The maximum atomic E-state index is 13.8. The minimum absolute atomic E-state index is 0.0971. The van der Waals surface area contributed by atoms with E-state index in [4.69, 9.17) is 0 Å². The number of aromatic nitrogens is 2. The van der Waals surface area contributed by atoms with Gasteiger partial charge in [0.25, 0.3) is 5.91 Å². The third-order valence-electron chi connectivity index (χ3n) is 2.55. The van der Waals surface area contributed by atoms with Gasteiger partial charge < -0.3 is 9.30 Å². The Bertz CT molecular complexity index is 650. The number of thiol groups is 1. The number of halogens is 1. The van der Waals surface area contributed by atoms with Crippen LogP contribution in [-0.4, -0.2) is 22.3 Å². The molecule has 2 aromatic heterocycles. The van der Waals surface area contributed by atoms with Gasteiger partial charge in [-0.15, -0.1) is 12.6 Å². The molecule has 0 aliphatic rings. The Kier molecular flexibility index (Phi) is 3.13. The number of hydrogen-bond acceptors (Lipinski definition) is 3. The average Bonchev–Trinajstić information content (AvgIpc) is 2.68. The maximum absolute atomic E-state index is 13.8. The molecule has 0 aliphatic carbocycles. The van der Waals surface area contributed by atoms with Crippen LogP contribution in [0.2, 0.25) is 0 Å². The molecule has 0 aromatic carbocycles. The Hall–Kier alpha value is -1.82. The molecule has 0 saturated heterocycles. The maximum Gasteiger partial charge on any atom is 0.263 e. The fourth-order valence-electron chi connectivity index (χ4n) is 1.66. The van der Waals surface area contributed by atoms with E-state index in [1.807, 2.05) is 0 Å². The van der Waals surface area contributed by atoms with Crippen molar-refractivity contribution in [2.24, 2.45) is 0 Å². The molecule has 0 aliphatic heterocycles. The molecular weight excluding hydrogens is 253 g/mol. The van der Waals surface area contributed by atoms with Crippen molar-refractivity contribution in [3.8, 4) is 0 Å². The highest BCUT2D eigenvalue weighted by Gasteiger charge is 2.15. The number of hydrogen-bond donors (Lipinski definition) is 1. The second-order valence-corrected chi connectivity index (χ2v) is 4.51. The highest BCUT2D eigenvalue weighted by atomic mass is 32.1. The van der Waals surface area contributed by atoms with E-state index in [2.05, 4.69) is 24.2 Å². The summed E-state index contributed by atoms with van der Waals surface area (Å²) in [5, 5.41) is 0. The van der Waals surface area contributed by atoms with Gasteiger partial charge in [-0.05, 0) is 6.92 Å². The second kappa shape index (κ2) is 4.45.